The van der Waals surface area contributed by atoms with E-state index in [-0.39, 0.29) is 16.8 Å². The van der Waals surface area contributed by atoms with Crippen molar-refractivity contribution in [1.29, 1.82) is 0 Å². The van der Waals surface area contributed by atoms with Crippen molar-refractivity contribution in [2.45, 2.75) is 46.6 Å². The van der Waals surface area contributed by atoms with Gasteiger partial charge in [0.25, 0.3) is 0 Å². The van der Waals surface area contributed by atoms with Crippen molar-refractivity contribution in [3.63, 3.8) is 0 Å². The Morgan fingerprint density at radius 3 is 2.28 bits per heavy atom. The quantitative estimate of drug-likeness (QED) is 0.859. The number of hydrogen-bond donors (Lipinski definition) is 1. The smallest absolute Gasteiger partial charge is 0.127 e. The third kappa shape index (κ3) is 5.49. The Bertz CT molecular complexity index is 407. The van der Waals surface area contributed by atoms with Gasteiger partial charge in [0, 0.05) is 16.6 Å². The SMILES string of the molecule is CC(C)(CNC(C)(C)C)Cc1ccc(Br)cc1F. The maximum Gasteiger partial charge on any atom is 0.127 e. The molecule has 0 radical (unpaired) electrons. The lowest BCUT2D eigenvalue weighted by molar-refractivity contribution is 0.286. The molecule has 0 aliphatic rings. The number of rotatable bonds is 4. The normalized spacial score (nSPS) is 12.8. The molecule has 0 atom stereocenters. The highest BCUT2D eigenvalue weighted by atomic mass is 79.9. The third-order valence-electron chi connectivity index (χ3n) is 2.78. The van der Waals surface area contributed by atoms with Crippen molar-refractivity contribution in [1.82, 2.24) is 5.32 Å². The van der Waals surface area contributed by atoms with Crippen LogP contribution in [0.15, 0.2) is 22.7 Å². The molecule has 0 spiro atoms. The first-order valence-electron chi connectivity index (χ1n) is 6.28. The van der Waals surface area contributed by atoms with Gasteiger partial charge in [-0.3, -0.25) is 0 Å². The van der Waals surface area contributed by atoms with Crippen molar-refractivity contribution in [2.75, 3.05) is 6.54 Å². The summed E-state index contributed by atoms with van der Waals surface area (Å²) < 4.78 is 14.6. The molecule has 0 unspecified atom stereocenters. The molecular weight excluding hydrogens is 293 g/mol. The number of halogens is 2. The minimum Gasteiger partial charge on any atom is -0.312 e. The molecule has 0 aliphatic heterocycles. The summed E-state index contributed by atoms with van der Waals surface area (Å²) in [5.41, 5.74) is 0.899. The molecule has 1 rings (SSSR count). The summed E-state index contributed by atoms with van der Waals surface area (Å²) in [7, 11) is 0. The standard InChI is InChI=1S/C15H23BrFN/c1-14(2,3)18-10-15(4,5)9-11-6-7-12(16)8-13(11)17/h6-8,18H,9-10H2,1-5H3. The van der Waals surface area contributed by atoms with Crippen LogP contribution in [0.25, 0.3) is 0 Å². The number of nitrogens with one attached hydrogen (secondary N) is 1. The fourth-order valence-electron chi connectivity index (χ4n) is 1.75. The molecule has 0 amide bonds. The maximum atomic E-state index is 13.8. The molecule has 0 aromatic heterocycles. The van der Waals surface area contributed by atoms with E-state index in [1.807, 2.05) is 12.1 Å². The average Bonchev–Trinajstić information content (AvgIpc) is 2.19. The molecule has 102 valence electrons. The van der Waals surface area contributed by atoms with Gasteiger partial charge in [-0.2, -0.15) is 0 Å². The van der Waals surface area contributed by atoms with Crippen LogP contribution in [-0.2, 0) is 6.42 Å². The van der Waals surface area contributed by atoms with Crippen LogP contribution in [0.4, 0.5) is 4.39 Å². The molecule has 1 nitrogen and oxygen atoms in total. The van der Waals surface area contributed by atoms with Crippen LogP contribution in [-0.4, -0.2) is 12.1 Å². The summed E-state index contributed by atoms with van der Waals surface area (Å²) in [6.45, 7) is 11.6. The van der Waals surface area contributed by atoms with Crippen LogP contribution in [0.3, 0.4) is 0 Å². The fraction of sp³-hybridized carbons (Fsp3) is 0.600. The highest BCUT2D eigenvalue weighted by Gasteiger charge is 2.22. The lowest BCUT2D eigenvalue weighted by atomic mass is 9.85. The van der Waals surface area contributed by atoms with Crippen molar-refractivity contribution < 1.29 is 4.39 Å². The largest absolute Gasteiger partial charge is 0.312 e. The molecule has 3 heteroatoms. The molecule has 0 bridgehead atoms. The molecule has 1 aromatic rings. The van der Waals surface area contributed by atoms with Crippen molar-refractivity contribution in [3.05, 3.63) is 34.1 Å². The van der Waals surface area contributed by atoms with Gasteiger partial charge in [0.15, 0.2) is 0 Å². The summed E-state index contributed by atoms with van der Waals surface area (Å²) in [4.78, 5) is 0. The van der Waals surface area contributed by atoms with E-state index in [4.69, 9.17) is 0 Å². The zero-order valence-electron chi connectivity index (χ0n) is 11.9. The molecule has 0 fully saturated rings. The molecule has 0 saturated carbocycles. The van der Waals surface area contributed by atoms with Crippen molar-refractivity contribution >= 4 is 15.9 Å². The lowest BCUT2D eigenvalue weighted by Gasteiger charge is -2.30. The molecule has 0 heterocycles. The Kier molecular flexibility index (Phi) is 4.96. The Morgan fingerprint density at radius 1 is 1.17 bits per heavy atom. The van der Waals surface area contributed by atoms with Gasteiger partial charge in [-0.15, -0.1) is 0 Å². The van der Waals surface area contributed by atoms with E-state index in [1.165, 1.54) is 6.07 Å². The Hall–Kier alpha value is -0.410. The summed E-state index contributed by atoms with van der Waals surface area (Å²) >= 11 is 3.28. The van der Waals surface area contributed by atoms with E-state index in [1.54, 1.807) is 0 Å². The van der Waals surface area contributed by atoms with Gasteiger partial charge >= 0.3 is 0 Å². The van der Waals surface area contributed by atoms with E-state index in [9.17, 15) is 4.39 Å². The first-order chi connectivity index (χ1) is 8.09. The fourth-order valence-corrected chi connectivity index (χ4v) is 2.08. The molecule has 1 aromatic carbocycles. The minimum absolute atomic E-state index is 0.0297. The Labute approximate surface area is 118 Å². The average molecular weight is 316 g/mol. The summed E-state index contributed by atoms with van der Waals surface area (Å²) in [5, 5.41) is 3.48. The summed E-state index contributed by atoms with van der Waals surface area (Å²) in [6, 6.07) is 5.28. The lowest BCUT2D eigenvalue weighted by Crippen LogP contribution is -2.42. The number of benzene rings is 1. The monoisotopic (exact) mass is 315 g/mol. The first-order valence-corrected chi connectivity index (χ1v) is 7.07. The maximum absolute atomic E-state index is 13.8. The predicted molar refractivity (Wildman–Crippen MR) is 79.3 cm³/mol. The van der Waals surface area contributed by atoms with Gasteiger partial charge in [-0.1, -0.05) is 35.8 Å². The van der Waals surface area contributed by atoms with E-state index < -0.39 is 0 Å². The van der Waals surface area contributed by atoms with Crippen molar-refractivity contribution in [3.8, 4) is 0 Å². The third-order valence-corrected chi connectivity index (χ3v) is 3.27. The Morgan fingerprint density at radius 2 is 1.78 bits per heavy atom. The second-order valence-corrected chi connectivity index (χ2v) is 7.60. The van der Waals surface area contributed by atoms with Crippen LogP contribution in [0, 0.1) is 11.2 Å². The zero-order valence-corrected chi connectivity index (χ0v) is 13.5. The van der Waals surface area contributed by atoms with Gasteiger partial charge in [-0.05, 0) is 50.3 Å². The highest BCUT2D eigenvalue weighted by molar-refractivity contribution is 9.10. The molecule has 0 saturated heterocycles. The summed E-state index contributed by atoms with van der Waals surface area (Å²) in [6.07, 6.45) is 0.731. The van der Waals surface area contributed by atoms with E-state index in [2.05, 4.69) is 55.9 Å². The van der Waals surface area contributed by atoms with Crippen LogP contribution in [0.5, 0.6) is 0 Å². The van der Waals surface area contributed by atoms with Crippen molar-refractivity contribution in [2.24, 2.45) is 5.41 Å². The highest BCUT2D eigenvalue weighted by Crippen LogP contribution is 2.25. The van der Waals surface area contributed by atoms with Crippen LogP contribution in [0.2, 0.25) is 0 Å². The van der Waals surface area contributed by atoms with E-state index in [0.29, 0.717) is 0 Å². The molecule has 18 heavy (non-hydrogen) atoms. The van der Waals surface area contributed by atoms with Crippen LogP contribution in [0.1, 0.15) is 40.2 Å². The Balaban J connectivity index is 2.70. The molecule has 0 aliphatic carbocycles. The van der Waals surface area contributed by atoms with E-state index >= 15 is 0 Å². The second-order valence-electron chi connectivity index (χ2n) is 6.68. The predicted octanol–water partition coefficient (Wildman–Crippen LogP) is 4.55. The minimum atomic E-state index is -0.131. The van der Waals surface area contributed by atoms with Crippen LogP contribution < -0.4 is 5.32 Å². The topological polar surface area (TPSA) is 12.0 Å². The first kappa shape index (κ1) is 15.6. The van der Waals surface area contributed by atoms with Gasteiger partial charge in [0.05, 0.1) is 0 Å². The zero-order chi connectivity index (χ0) is 14.0. The second kappa shape index (κ2) is 5.70. The van der Waals surface area contributed by atoms with E-state index in [0.717, 1.165) is 23.0 Å². The molecular formula is C15H23BrFN. The van der Waals surface area contributed by atoms with Gasteiger partial charge < -0.3 is 5.32 Å². The van der Waals surface area contributed by atoms with Crippen LogP contribution >= 0.6 is 15.9 Å². The van der Waals surface area contributed by atoms with Gasteiger partial charge in [0.1, 0.15) is 5.82 Å². The van der Waals surface area contributed by atoms with Gasteiger partial charge in [-0.25, -0.2) is 4.39 Å². The number of hydrogen-bond acceptors (Lipinski definition) is 1. The molecule has 1 N–H and O–H groups in total. The summed E-state index contributed by atoms with van der Waals surface area (Å²) in [5.74, 6) is -0.131. The van der Waals surface area contributed by atoms with Gasteiger partial charge in [0.2, 0.25) is 0 Å².